The van der Waals surface area contributed by atoms with Crippen LogP contribution in [0.2, 0.25) is 0 Å². The van der Waals surface area contributed by atoms with Crippen molar-refractivity contribution in [1.29, 1.82) is 0 Å². The average molecular weight is 277 g/mol. The second kappa shape index (κ2) is 5.66. The van der Waals surface area contributed by atoms with Crippen molar-refractivity contribution < 1.29 is 4.79 Å². The maximum Gasteiger partial charge on any atom is 0.254 e. The summed E-state index contributed by atoms with van der Waals surface area (Å²) in [6, 6.07) is 0. The summed E-state index contributed by atoms with van der Waals surface area (Å²) in [5.41, 5.74) is 2.39. The van der Waals surface area contributed by atoms with E-state index in [1.54, 1.807) is 11.3 Å². The van der Waals surface area contributed by atoms with Crippen LogP contribution in [0.1, 0.15) is 59.8 Å². The second-order valence-electron chi connectivity index (χ2n) is 6.11. The summed E-state index contributed by atoms with van der Waals surface area (Å²) < 4.78 is 0. The minimum atomic E-state index is 0.300. The third kappa shape index (κ3) is 2.71. The molecule has 19 heavy (non-hydrogen) atoms. The normalized spacial score (nSPS) is 23.8. The lowest BCUT2D eigenvalue weighted by Crippen LogP contribution is -2.32. The molecule has 0 aromatic carbocycles. The van der Waals surface area contributed by atoms with Crippen molar-refractivity contribution in [3.05, 3.63) is 21.4 Å². The number of nitrogens with zero attached hydrogens (tertiary/aromatic N) is 1. The molecule has 2 heterocycles. The first kappa shape index (κ1) is 13.2. The lowest BCUT2D eigenvalue weighted by Gasteiger charge is -2.23. The summed E-state index contributed by atoms with van der Waals surface area (Å²) in [7, 11) is 0. The topological polar surface area (TPSA) is 20.3 Å². The van der Waals surface area contributed by atoms with Crippen LogP contribution in [0.25, 0.3) is 0 Å². The van der Waals surface area contributed by atoms with E-state index in [1.165, 1.54) is 49.0 Å². The molecule has 1 amide bonds. The van der Waals surface area contributed by atoms with Gasteiger partial charge in [-0.2, -0.15) is 0 Å². The molecule has 1 fully saturated rings. The Kier molecular flexibility index (Phi) is 3.92. The fourth-order valence-electron chi connectivity index (χ4n) is 3.30. The van der Waals surface area contributed by atoms with E-state index in [0.29, 0.717) is 5.91 Å². The molecular weight excluding hydrogens is 254 g/mol. The largest absolute Gasteiger partial charge is 0.339 e. The summed E-state index contributed by atoms with van der Waals surface area (Å²) in [4.78, 5) is 16.3. The van der Waals surface area contributed by atoms with Gasteiger partial charge in [0, 0.05) is 23.3 Å². The molecule has 104 valence electrons. The Balaban J connectivity index is 1.80. The fourth-order valence-corrected chi connectivity index (χ4v) is 4.54. The SMILES string of the molecule is CC1CCc2c(C(=O)N3CCCCCC3)csc2C1. The zero-order valence-electron chi connectivity index (χ0n) is 11.8. The number of fused-ring (bicyclic) bond motifs is 1. The van der Waals surface area contributed by atoms with E-state index in [2.05, 4.69) is 17.2 Å². The maximum atomic E-state index is 12.7. The van der Waals surface area contributed by atoms with Crippen LogP contribution in [-0.2, 0) is 12.8 Å². The number of carbonyl (C=O) groups excluding carboxylic acids is 1. The van der Waals surface area contributed by atoms with Crippen molar-refractivity contribution >= 4 is 17.2 Å². The van der Waals surface area contributed by atoms with E-state index in [9.17, 15) is 4.79 Å². The van der Waals surface area contributed by atoms with Crippen LogP contribution in [0.15, 0.2) is 5.38 Å². The molecule has 1 saturated heterocycles. The van der Waals surface area contributed by atoms with E-state index in [0.717, 1.165) is 31.0 Å². The number of likely N-dealkylation sites (tertiary alicyclic amines) is 1. The molecule has 1 aliphatic heterocycles. The van der Waals surface area contributed by atoms with Gasteiger partial charge in [-0.1, -0.05) is 19.8 Å². The van der Waals surface area contributed by atoms with Crippen molar-refractivity contribution in [2.45, 2.75) is 51.9 Å². The smallest absolute Gasteiger partial charge is 0.254 e. The monoisotopic (exact) mass is 277 g/mol. The molecule has 1 aromatic rings. The third-order valence-electron chi connectivity index (χ3n) is 4.53. The van der Waals surface area contributed by atoms with Gasteiger partial charge in [-0.05, 0) is 43.6 Å². The molecule has 0 spiro atoms. The maximum absolute atomic E-state index is 12.7. The molecule has 0 saturated carbocycles. The fraction of sp³-hybridized carbons (Fsp3) is 0.688. The number of amides is 1. The van der Waals surface area contributed by atoms with Gasteiger partial charge in [0.1, 0.15) is 0 Å². The molecule has 1 atom stereocenters. The first-order valence-electron chi connectivity index (χ1n) is 7.64. The predicted octanol–water partition coefficient (Wildman–Crippen LogP) is 3.89. The Morgan fingerprint density at radius 3 is 2.74 bits per heavy atom. The van der Waals surface area contributed by atoms with Gasteiger partial charge in [-0.15, -0.1) is 11.3 Å². The highest BCUT2D eigenvalue weighted by atomic mass is 32.1. The number of hydrogen-bond acceptors (Lipinski definition) is 2. The Hall–Kier alpha value is -0.830. The van der Waals surface area contributed by atoms with Gasteiger partial charge in [-0.3, -0.25) is 4.79 Å². The summed E-state index contributed by atoms with van der Waals surface area (Å²) in [5, 5.41) is 2.12. The number of carbonyl (C=O) groups is 1. The minimum Gasteiger partial charge on any atom is -0.339 e. The molecule has 1 unspecified atom stereocenters. The Bertz CT molecular complexity index is 457. The summed E-state index contributed by atoms with van der Waals surface area (Å²) in [6.45, 7) is 4.23. The van der Waals surface area contributed by atoms with Crippen molar-refractivity contribution in [2.24, 2.45) is 5.92 Å². The molecule has 0 N–H and O–H groups in total. The van der Waals surface area contributed by atoms with Gasteiger partial charge in [0.25, 0.3) is 5.91 Å². The molecule has 2 aliphatic rings. The predicted molar refractivity (Wildman–Crippen MR) is 79.9 cm³/mol. The van der Waals surface area contributed by atoms with E-state index < -0.39 is 0 Å². The molecular formula is C16H23NOS. The van der Waals surface area contributed by atoms with Crippen LogP contribution in [0, 0.1) is 5.92 Å². The van der Waals surface area contributed by atoms with Gasteiger partial charge in [0.05, 0.1) is 5.56 Å². The molecule has 0 bridgehead atoms. The second-order valence-corrected chi connectivity index (χ2v) is 7.07. The molecule has 1 aromatic heterocycles. The Labute approximate surface area is 119 Å². The van der Waals surface area contributed by atoms with Crippen molar-refractivity contribution in [1.82, 2.24) is 4.90 Å². The van der Waals surface area contributed by atoms with Crippen molar-refractivity contribution in [3.8, 4) is 0 Å². The van der Waals surface area contributed by atoms with Crippen molar-refractivity contribution in [3.63, 3.8) is 0 Å². The summed E-state index contributed by atoms with van der Waals surface area (Å²) in [6.07, 6.45) is 8.43. The summed E-state index contributed by atoms with van der Waals surface area (Å²) in [5.74, 6) is 1.08. The van der Waals surface area contributed by atoms with Crippen LogP contribution in [0.4, 0.5) is 0 Å². The first-order chi connectivity index (χ1) is 9.25. The van der Waals surface area contributed by atoms with E-state index in [1.807, 2.05) is 0 Å². The van der Waals surface area contributed by atoms with Crippen LogP contribution in [0.3, 0.4) is 0 Å². The standard InChI is InChI=1S/C16H23NOS/c1-12-6-7-13-14(11-19-15(13)10-12)16(18)17-8-4-2-3-5-9-17/h11-12H,2-10H2,1H3. The van der Waals surface area contributed by atoms with Gasteiger partial charge in [0.15, 0.2) is 0 Å². The molecule has 0 radical (unpaired) electrons. The van der Waals surface area contributed by atoms with Crippen LogP contribution in [-0.4, -0.2) is 23.9 Å². The highest BCUT2D eigenvalue weighted by Crippen LogP contribution is 2.33. The quantitative estimate of drug-likeness (QED) is 0.762. The van der Waals surface area contributed by atoms with E-state index in [4.69, 9.17) is 0 Å². The molecule has 3 heteroatoms. The highest BCUT2D eigenvalue weighted by molar-refractivity contribution is 7.10. The van der Waals surface area contributed by atoms with E-state index in [-0.39, 0.29) is 0 Å². The molecule has 1 aliphatic carbocycles. The average Bonchev–Trinajstić information content (AvgIpc) is 2.64. The Morgan fingerprint density at radius 1 is 1.26 bits per heavy atom. The zero-order valence-corrected chi connectivity index (χ0v) is 12.6. The van der Waals surface area contributed by atoms with Gasteiger partial charge in [0.2, 0.25) is 0 Å². The zero-order chi connectivity index (χ0) is 13.2. The minimum absolute atomic E-state index is 0.300. The summed E-state index contributed by atoms with van der Waals surface area (Å²) >= 11 is 1.81. The van der Waals surface area contributed by atoms with Crippen LogP contribution >= 0.6 is 11.3 Å². The van der Waals surface area contributed by atoms with Crippen LogP contribution in [0.5, 0.6) is 0 Å². The molecule has 3 rings (SSSR count). The number of rotatable bonds is 1. The molecule has 2 nitrogen and oxygen atoms in total. The van der Waals surface area contributed by atoms with Gasteiger partial charge in [-0.25, -0.2) is 0 Å². The Morgan fingerprint density at radius 2 is 2.00 bits per heavy atom. The lowest BCUT2D eigenvalue weighted by molar-refractivity contribution is 0.0760. The first-order valence-corrected chi connectivity index (χ1v) is 8.52. The van der Waals surface area contributed by atoms with Gasteiger partial charge < -0.3 is 4.90 Å². The van der Waals surface area contributed by atoms with Gasteiger partial charge >= 0.3 is 0 Å². The highest BCUT2D eigenvalue weighted by Gasteiger charge is 2.26. The third-order valence-corrected chi connectivity index (χ3v) is 5.58. The van der Waals surface area contributed by atoms with E-state index >= 15 is 0 Å². The van der Waals surface area contributed by atoms with Crippen LogP contribution < -0.4 is 0 Å². The number of thiophene rings is 1. The van der Waals surface area contributed by atoms with Crippen molar-refractivity contribution in [2.75, 3.05) is 13.1 Å². The number of hydrogen-bond donors (Lipinski definition) is 0. The lowest BCUT2D eigenvalue weighted by atomic mass is 9.88.